The van der Waals surface area contributed by atoms with E-state index in [1.807, 2.05) is 37.3 Å². The van der Waals surface area contributed by atoms with Crippen LogP contribution < -0.4 is 0 Å². The largest absolute Gasteiger partial charge is 0.443 e. The van der Waals surface area contributed by atoms with Gasteiger partial charge in [-0.1, -0.05) is 37.3 Å². The Labute approximate surface area is 119 Å². The predicted octanol–water partition coefficient (Wildman–Crippen LogP) is 3.53. The molecular weight excluding hydrogens is 254 g/mol. The van der Waals surface area contributed by atoms with E-state index >= 15 is 0 Å². The second kappa shape index (κ2) is 5.27. The van der Waals surface area contributed by atoms with E-state index in [9.17, 15) is 9.59 Å². The van der Waals surface area contributed by atoms with Gasteiger partial charge in [0.2, 0.25) is 5.91 Å². The first-order valence-electron chi connectivity index (χ1n) is 6.96. The van der Waals surface area contributed by atoms with Gasteiger partial charge in [-0.25, -0.2) is 9.69 Å². The fraction of sp³-hybridized carbons (Fsp3) is 0.500. The van der Waals surface area contributed by atoms with Gasteiger partial charge in [0, 0.05) is 0 Å². The summed E-state index contributed by atoms with van der Waals surface area (Å²) in [6.07, 6.45) is 0.165. The lowest BCUT2D eigenvalue weighted by atomic mass is 9.81. The zero-order valence-electron chi connectivity index (χ0n) is 12.4. The molecule has 0 saturated carbocycles. The van der Waals surface area contributed by atoms with Gasteiger partial charge in [-0.2, -0.15) is 0 Å². The average Bonchev–Trinajstić information content (AvgIpc) is 2.35. The van der Waals surface area contributed by atoms with E-state index in [0.29, 0.717) is 0 Å². The molecule has 2 atom stereocenters. The summed E-state index contributed by atoms with van der Waals surface area (Å²) >= 11 is 0. The summed E-state index contributed by atoms with van der Waals surface area (Å²) in [5, 5.41) is 0. The number of amides is 2. The molecule has 4 nitrogen and oxygen atoms in total. The first-order chi connectivity index (χ1) is 9.35. The Hall–Kier alpha value is -1.84. The Morgan fingerprint density at radius 2 is 1.85 bits per heavy atom. The second-order valence-electron chi connectivity index (χ2n) is 6.06. The van der Waals surface area contributed by atoms with E-state index in [-0.39, 0.29) is 17.9 Å². The summed E-state index contributed by atoms with van der Waals surface area (Å²) in [6, 6.07) is 9.43. The Bertz CT molecular complexity index is 504. The van der Waals surface area contributed by atoms with Crippen LogP contribution in [0.2, 0.25) is 0 Å². The van der Waals surface area contributed by atoms with Crippen LogP contribution in [0.25, 0.3) is 0 Å². The van der Waals surface area contributed by atoms with Crippen LogP contribution >= 0.6 is 0 Å². The van der Waals surface area contributed by atoms with Crippen molar-refractivity contribution in [2.45, 2.75) is 45.8 Å². The molecule has 0 radical (unpaired) electrons. The molecule has 0 spiro atoms. The monoisotopic (exact) mass is 275 g/mol. The third-order valence-corrected chi connectivity index (χ3v) is 3.39. The minimum absolute atomic E-state index is 0.134. The summed E-state index contributed by atoms with van der Waals surface area (Å²) in [4.78, 5) is 25.6. The van der Waals surface area contributed by atoms with Crippen molar-refractivity contribution in [3.63, 3.8) is 0 Å². The van der Waals surface area contributed by atoms with Gasteiger partial charge in [0.05, 0.1) is 12.0 Å². The molecule has 0 aromatic heterocycles. The lowest BCUT2D eigenvalue weighted by Crippen LogP contribution is -2.58. The molecule has 0 unspecified atom stereocenters. The predicted molar refractivity (Wildman–Crippen MR) is 76.0 cm³/mol. The third kappa shape index (κ3) is 2.69. The number of rotatable bonds is 2. The van der Waals surface area contributed by atoms with Crippen LogP contribution in [0.15, 0.2) is 30.3 Å². The molecule has 1 aromatic rings. The van der Waals surface area contributed by atoms with E-state index < -0.39 is 11.7 Å². The van der Waals surface area contributed by atoms with E-state index in [0.717, 1.165) is 12.0 Å². The highest BCUT2D eigenvalue weighted by Gasteiger charge is 2.51. The minimum atomic E-state index is -0.601. The van der Waals surface area contributed by atoms with Crippen molar-refractivity contribution in [3.05, 3.63) is 35.9 Å². The number of benzene rings is 1. The van der Waals surface area contributed by atoms with Crippen molar-refractivity contribution in [1.29, 1.82) is 0 Å². The molecule has 1 saturated heterocycles. The summed E-state index contributed by atoms with van der Waals surface area (Å²) in [5.41, 5.74) is 0.375. The number of β-lactam (4-membered cyclic amide) rings is 1. The van der Waals surface area contributed by atoms with Gasteiger partial charge >= 0.3 is 6.09 Å². The molecule has 2 amide bonds. The maximum atomic E-state index is 12.2. The Morgan fingerprint density at radius 3 is 2.35 bits per heavy atom. The Balaban J connectivity index is 2.23. The molecule has 0 aliphatic carbocycles. The summed E-state index contributed by atoms with van der Waals surface area (Å²) < 4.78 is 5.32. The van der Waals surface area contributed by atoms with Crippen molar-refractivity contribution in [1.82, 2.24) is 4.90 Å². The van der Waals surface area contributed by atoms with Gasteiger partial charge in [-0.15, -0.1) is 0 Å². The molecule has 1 aliphatic heterocycles. The van der Waals surface area contributed by atoms with E-state index in [1.165, 1.54) is 4.90 Å². The molecule has 1 aromatic carbocycles. The van der Waals surface area contributed by atoms with Crippen molar-refractivity contribution >= 4 is 12.0 Å². The highest BCUT2D eigenvalue weighted by atomic mass is 16.6. The maximum Gasteiger partial charge on any atom is 0.417 e. The molecule has 108 valence electrons. The lowest BCUT2D eigenvalue weighted by Gasteiger charge is -2.45. The van der Waals surface area contributed by atoms with Gasteiger partial charge < -0.3 is 4.74 Å². The van der Waals surface area contributed by atoms with Gasteiger partial charge in [-0.3, -0.25) is 4.79 Å². The van der Waals surface area contributed by atoms with Gasteiger partial charge in [0.25, 0.3) is 0 Å². The van der Waals surface area contributed by atoms with Crippen LogP contribution in [0.4, 0.5) is 4.79 Å². The van der Waals surface area contributed by atoms with Crippen LogP contribution in [0.5, 0.6) is 0 Å². The topological polar surface area (TPSA) is 46.6 Å². The smallest absolute Gasteiger partial charge is 0.417 e. The number of imide groups is 1. The molecule has 0 N–H and O–H groups in total. The van der Waals surface area contributed by atoms with Crippen LogP contribution in [0.3, 0.4) is 0 Å². The number of hydrogen-bond acceptors (Lipinski definition) is 3. The Kier molecular flexibility index (Phi) is 3.84. The van der Waals surface area contributed by atoms with Crippen LogP contribution in [0, 0.1) is 5.92 Å². The fourth-order valence-corrected chi connectivity index (χ4v) is 2.49. The quantitative estimate of drug-likeness (QED) is 0.776. The third-order valence-electron chi connectivity index (χ3n) is 3.39. The highest BCUT2D eigenvalue weighted by Crippen LogP contribution is 2.42. The number of carbonyl (C=O) groups excluding carboxylic acids is 2. The number of hydrogen-bond donors (Lipinski definition) is 0. The zero-order chi connectivity index (χ0) is 14.9. The lowest BCUT2D eigenvalue weighted by molar-refractivity contribution is -0.154. The number of carbonyl (C=O) groups is 2. The van der Waals surface area contributed by atoms with Gasteiger partial charge in [-0.05, 0) is 32.8 Å². The molecule has 1 heterocycles. The number of nitrogens with zero attached hydrogens (tertiary/aromatic N) is 1. The molecule has 1 aliphatic rings. The zero-order valence-corrected chi connectivity index (χ0v) is 12.4. The maximum absolute atomic E-state index is 12.2. The molecule has 0 bridgehead atoms. The number of likely N-dealkylation sites (tertiary alicyclic amines) is 1. The molecule has 2 rings (SSSR count). The van der Waals surface area contributed by atoms with Crippen LogP contribution in [-0.2, 0) is 9.53 Å². The standard InChI is InChI=1S/C16H21NO3/c1-5-12-13(11-9-7-6-8-10-11)17(14(12)18)15(19)20-16(2,3)4/h6-10,12-13H,5H2,1-4H3/t12-,13+/m1/s1. The first-order valence-corrected chi connectivity index (χ1v) is 6.96. The normalized spacial score (nSPS) is 22.4. The van der Waals surface area contributed by atoms with Crippen molar-refractivity contribution in [2.24, 2.45) is 5.92 Å². The van der Waals surface area contributed by atoms with Crippen LogP contribution in [-0.4, -0.2) is 22.5 Å². The fourth-order valence-electron chi connectivity index (χ4n) is 2.49. The molecule has 1 fully saturated rings. The molecule has 20 heavy (non-hydrogen) atoms. The van der Waals surface area contributed by atoms with Crippen molar-refractivity contribution in [2.75, 3.05) is 0 Å². The van der Waals surface area contributed by atoms with E-state index in [2.05, 4.69) is 0 Å². The average molecular weight is 275 g/mol. The SMILES string of the molecule is CC[C@H]1C(=O)N(C(=O)OC(C)(C)C)[C@H]1c1ccccc1. The van der Waals surface area contributed by atoms with Crippen molar-refractivity contribution in [3.8, 4) is 0 Å². The minimum Gasteiger partial charge on any atom is -0.443 e. The summed E-state index contributed by atoms with van der Waals surface area (Å²) in [7, 11) is 0. The van der Waals surface area contributed by atoms with Crippen molar-refractivity contribution < 1.29 is 14.3 Å². The molecule has 4 heteroatoms. The first kappa shape index (κ1) is 14.6. The van der Waals surface area contributed by atoms with E-state index in [1.54, 1.807) is 20.8 Å². The van der Waals surface area contributed by atoms with Gasteiger partial charge in [0.1, 0.15) is 5.60 Å². The summed E-state index contributed by atoms with van der Waals surface area (Å²) in [5.74, 6) is -0.277. The molecular formula is C16H21NO3. The van der Waals surface area contributed by atoms with E-state index in [4.69, 9.17) is 4.74 Å². The Morgan fingerprint density at radius 1 is 1.25 bits per heavy atom. The van der Waals surface area contributed by atoms with Crippen LogP contribution in [0.1, 0.15) is 45.7 Å². The van der Waals surface area contributed by atoms with Gasteiger partial charge in [0.15, 0.2) is 0 Å². The highest BCUT2D eigenvalue weighted by molar-refractivity contribution is 5.99. The second-order valence-corrected chi connectivity index (χ2v) is 6.06. The number of ether oxygens (including phenoxy) is 1. The summed E-state index contributed by atoms with van der Waals surface area (Å²) in [6.45, 7) is 7.35.